The molecule has 0 saturated carbocycles. The molecule has 90 valence electrons. The Morgan fingerprint density at radius 2 is 1.94 bits per heavy atom. The molecule has 7 heteroatoms. The Labute approximate surface area is 95.4 Å². The van der Waals surface area contributed by atoms with Crippen LogP contribution < -0.4 is 0 Å². The molecule has 0 atom stereocenters. The number of aryl methyl sites for hydroxylation is 1. The summed E-state index contributed by atoms with van der Waals surface area (Å²) in [5.41, 5.74) is -1.44. The Bertz CT molecular complexity index is 626. The lowest BCUT2D eigenvalue weighted by atomic mass is 10.0. The number of benzene rings is 1. The van der Waals surface area contributed by atoms with E-state index in [0.717, 1.165) is 6.07 Å². The van der Waals surface area contributed by atoms with Crippen molar-refractivity contribution in [1.82, 2.24) is 0 Å². The molecule has 1 aromatic rings. The summed E-state index contributed by atoms with van der Waals surface area (Å²) in [6.45, 7) is 0. The van der Waals surface area contributed by atoms with E-state index in [1.807, 2.05) is 0 Å². The molecule has 0 amide bonds. The Kier molecular flexibility index (Phi) is 2.43. The van der Waals surface area contributed by atoms with Crippen molar-refractivity contribution < 1.29 is 21.6 Å². The van der Waals surface area contributed by atoms with Crippen LogP contribution in [-0.4, -0.2) is 14.2 Å². The van der Waals surface area contributed by atoms with Crippen LogP contribution in [0.2, 0.25) is 0 Å². The van der Waals surface area contributed by atoms with Crippen LogP contribution in [0.3, 0.4) is 0 Å². The van der Waals surface area contributed by atoms with Crippen molar-refractivity contribution in [2.24, 2.45) is 0 Å². The quantitative estimate of drug-likeness (QED) is 0.716. The monoisotopic (exact) mass is 261 g/mol. The summed E-state index contributed by atoms with van der Waals surface area (Å²) in [5.74, 6) is -0.200. The predicted molar refractivity (Wildman–Crippen MR) is 51.9 cm³/mol. The maximum absolute atomic E-state index is 12.6. The molecule has 0 radical (unpaired) electrons. The molecule has 0 bridgehead atoms. The highest BCUT2D eigenvalue weighted by Crippen LogP contribution is 2.37. The van der Waals surface area contributed by atoms with Gasteiger partial charge >= 0.3 is 6.18 Å². The molecular weight excluding hydrogens is 255 g/mol. The molecular formula is C10H6F3NO2S. The van der Waals surface area contributed by atoms with Gasteiger partial charge in [-0.1, -0.05) is 0 Å². The Morgan fingerprint density at radius 3 is 2.47 bits per heavy atom. The van der Waals surface area contributed by atoms with Gasteiger partial charge in [0.05, 0.1) is 27.8 Å². The van der Waals surface area contributed by atoms with E-state index in [1.54, 1.807) is 0 Å². The fraction of sp³-hybridized carbons (Fsp3) is 0.300. The van der Waals surface area contributed by atoms with Crippen molar-refractivity contribution in [3.63, 3.8) is 0 Å². The zero-order chi connectivity index (χ0) is 12.8. The topological polar surface area (TPSA) is 57.9 Å². The first-order valence-corrected chi connectivity index (χ1v) is 6.28. The Morgan fingerprint density at radius 1 is 1.29 bits per heavy atom. The summed E-state index contributed by atoms with van der Waals surface area (Å²) in [6.07, 6.45) is -4.57. The number of nitriles is 1. The maximum Gasteiger partial charge on any atom is 0.417 e. The number of hydrogen-bond acceptors (Lipinski definition) is 3. The molecule has 0 saturated heterocycles. The van der Waals surface area contributed by atoms with Crippen LogP contribution in [-0.2, 0) is 22.4 Å². The number of rotatable bonds is 0. The molecule has 1 aliphatic rings. The van der Waals surface area contributed by atoms with Crippen LogP contribution in [0.25, 0.3) is 0 Å². The molecule has 0 N–H and O–H groups in total. The lowest BCUT2D eigenvalue weighted by Gasteiger charge is -2.10. The third kappa shape index (κ3) is 1.89. The van der Waals surface area contributed by atoms with Gasteiger partial charge in [0.1, 0.15) is 0 Å². The van der Waals surface area contributed by atoms with Gasteiger partial charge < -0.3 is 0 Å². The summed E-state index contributed by atoms with van der Waals surface area (Å²) >= 11 is 0. The van der Waals surface area contributed by atoms with Gasteiger partial charge in [-0.25, -0.2) is 8.42 Å². The summed E-state index contributed by atoms with van der Waals surface area (Å²) in [6, 6.07) is 3.03. The third-order valence-corrected chi connectivity index (χ3v) is 4.39. The normalized spacial score (nSPS) is 17.5. The first kappa shape index (κ1) is 11.9. The molecule has 0 spiro atoms. The number of sulfone groups is 1. The predicted octanol–water partition coefficient (Wildman–Crippen LogP) is 1.91. The van der Waals surface area contributed by atoms with Gasteiger partial charge in [0.2, 0.25) is 0 Å². The second kappa shape index (κ2) is 3.47. The second-order valence-corrected chi connectivity index (χ2v) is 5.76. The van der Waals surface area contributed by atoms with E-state index in [4.69, 9.17) is 5.26 Å². The van der Waals surface area contributed by atoms with Crippen molar-refractivity contribution in [3.05, 3.63) is 28.8 Å². The minimum Gasteiger partial charge on any atom is -0.224 e. The number of halogens is 3. The molecule has 1 heterocycles. The van der Waals surface area contributed by atoms with Gasteiger partial charge in [-0.2, -0.15) is 18.4 Å². The lowest BCUT2D eigenvalue weighted by molar-refractivity contribution is -0.137. The second-order valence-electron chi connectivity index (χ2n) is 3.68. The number of hydrogen-bond donors (Lipinski definition) is 0. The van der Waals surface area contributed by atoms with Gasteiger partial charge in [0.15, 0.2) is 9.84 Å². The summed E-state index contributed by atoms with van der Waals surface area (Å²) in [7, 11) is -3.62. The van der Waals surface area contributed by atoms with Crippen molar-refractivity contribution in [3.8, 4) is 6.07 Å². The average molecular weight is 261 g/mol. The molecule has 0 aliphatic carbocycles. The van der Waals surface area contributed by atoms with Crippen LogP contribution in [0, 0.1) is 11.3 Å². The molecule has 0 aromatic heterocycles. The maximum atomic E-state index is 12.6. The summed E-state index contributed by atoms with van der Waals surface area (Å²) in [4.78, 5) is -0.302. The van der Waals surface area contributed by atoms with E-state index in [-0.39, 0.29) is 22.6 Å². The lowest BCUT2D eigenvalue weighted by Crippen LogP contribution is -2.10. The van der Waals surface area contributed by atoms with Gasteiger partial charge in [0, 0.05) is 0 Å². The highest BCUT2D eigenvalue weighted by molar-refractivity contribution is 7.91. The van der Waals surface area contributed by atoms with Crippen LogP contribution in [0.15, 0.2) is 17.0 Å². The molecule has 3 nitrogen and oxygen atoms in total. The zero-order valence-corrected chi connectivity index (χ0v) is 9.19. The van der Waals surface area contributed by atoms with E-state index < -0.39 is 27.1 Å². The fourth-order valence-electron chi connectivity index (χ4n) is 1.79. The van der Waals surface area contributed by atoms with E-state index in [1.165, 1.54) is 6.07 Å². The molecule has 1 aromatic carbocycles. The standard InChI is InChI=1S/C10H6F3NO2S/c11-10(12,13)8-4-9-6(3-7(8)5-14)1-2-17(9,15)16/h3-4H,1-2H2. The van der Waals surface area contributed by atoms with Gasteiger partial charge in [0.25, 0.3) is 0 Å². The Hall–Kier alpha value is -1.55. The highest BCUT2D eigenvalue weighted by atomic mass is 32.2. The van der Waals surface area contributed by atoms with Crippen molar-refractivity contribution in [1.29, 1.82) is 5.26 Å². The van der Waals surface area contributed by atoms with Crippen LogP contribution in [0.4, 0.5) is 13.2 Å². The molecule has 17 heavy (non-hydrogen) atoms. The largest absolute Gasteiger partial charge is 0.417 e. The van der Waals surface area contributed by atoms with E-state index in [2.05, 4.69) is 0 Å². The smallest absolute Gasteiger partial charge is 0.224 e. The molecule has 0 unspecified atom stereocenters. The minimum atomic E-state index is -4.72. The van der Waals surface area contributed by atoms with Gasteiger partial charge in [-0.15, -0.1) is 0 Å². The van der Waals surface area contributed by atoms with Crippen LogP contribution >= 0.6 is 0 Å². The molecule has 1 aliphatic heterocycles. The van der Waals surface area contributed by atoms with Crippen LogP contribution in [0.1, 0.15) is 16.7 Å². The van der Waals surface area contributed by atoms with Gasteiger partial charge in [-0.3, -0.25) is 0 Å². The molecule has 2 rings (SSSR count). The summed E-state index contributed by atoms with van der Waals surface area (Å²) < 4.78 is 60.8. The minimum absolute atomic E-state index is 0.157. The van der Waals surface area contributed by atoms with Crippen molar-refractivity contribution >= 4 is 9.84 Å². The van der Waals surface area contributed by atoms with Crippen molar-refractivity contribution in [2.45, 2.75) is 17.5 Å². The van der Waals surface area contributed by atoms with E-state index in [9.17, 15) is 21.6 Å². The molecule has 0 fully saturated rings. The van der Waals surface area contributed by atoms with Gasteiger partial charge in [-0.05, 0) is 24.1 Å². The van der Waals surface area contributed by atoms with E-state index >= 15 is 0 Å². The highest BCUT2D eigenvalue weighted by Gasteiger charge is 2.37. The first-order valence-electron chi connectivity index (χ1n) is 4.62. The number of nitrogens with zero attached hydrogens (tertiary/aromatic N) is 1. The Balaban J connectivity index is 2.76. The van der Waals surface area contributed by atoms with Crippen molar-refractivity contribution in [2.75, 3.05) is 5.75 Å². The van der Waals surface area contributed by atoms with Crippen LogP contribution in [0.5, 0.6) is 0 Å². The average Bonchev–Trinajstić information content (AvgIpc) is 2.51. The third-order valence-electron chi connectivity index (χ3n) is 2.60. The van der Waals surface area contributed by atoms with E-state index in [0.29, 0.717) is 6.07 Å². The SMILES string of the molecule is N#Cc1cc2c(cc1C(F)(F)F)S(=O)(=O)CC2. The summed E-state index contributed by atoms with van der Waals surface area (Å²) in [5, 5.41) is 8.64. The fourth-order valence-corrected chi connectivity index (χ4v) is 3.36. The first-order chi connectivity index (χ1) is 7.75. The number of alkyl halides is 3. The number of fused-ring (bicyclic) bond motifs is 1. The zero-order valence-electron chi connectivity index (χ0n) is 8.37.